The van der Waals surface area contributed by atoms with Gasteiger partial charge in [-0.3, -0.25) is 0 Å². The van der Waals surface area contributed by atoms with Crippen LogP contribution < -0.4 is 0 Å². The Morgan fingerprint density at radius 1 is 1.47 bits per heavy atom. The summed E-state index contributed by atoms with van der Waals surface area (Å²) in [4.78, 5) is 7.40. The van der Waals surface area contributed by atoms with Crippen LogP contribution in [0.2, 0.25) is 0 Å². The minimum absolute atomic E-state index is 0.539. The molecule has 0 aliphatic heterocycles. The minimum Gasteiger partial charge on any atom is -0.461 e. The van der Waals surface area contributed by atoms with E-state index in [-0.39, 0.29) is 0 Å². The highest BCUT2D eigenvalue weighted by atomic mass is 79.9. The van der Waals surface area contributed by atoms with E-state index in [2.05, 4.69) is 25.9 Å². The van der Waals surface area contributed by atoms with Gasteiger partial charge in [0, 0.05) is 5.69 Å². The Hall–Kier alpha value is -0.940. The van der Waals surface area contributed by atoms with E-state index in [1.165, 1.54) is 0 Å². The Balaban J connectivity index is 2.66. The molecule has 2 aromatic heterocycles. The van der Waals surface area contributed by atoms with Crippen molar-refractivity contribution in [1.29, 1.82) is 0 Å². The first-order valence-electron chi connectivity index (χ1n) is 4.40. The molecule has 2 rings (SSSR count). The van der Waals surface area contributed by atoms with Crippen molar-refractivity contribution in [3.8, 4) is 11.6 Å². The SMILES string of the molecule is Cc1ccoc1-c1nc(=S)c(Br)c(C)[nH]1. The molecule has 15 heavy (non-hydrogen) atoms. The van der Waals surface area contributed by atoms with E-state index < -0.39 is 0 Å². The summed E-state index contributed by atoms with van der Waals surface area (Å²) >= 11 is 8.49. The molecular weight excluding hydrogens is 276 g/mol. The van der Waals surface area contributed by atoms with E-state index in [0.717, 1.165) is 21.5 Å². The highest BCUT2D eigenvalue weighted by Crippen LogP contribution is 2.23. The van der Waals surface area contributed by atoms with Gasteiger partial charge in [-0.05, 0) is 41.4 Å². The Kier molecular flexibility index (Phi) is 2.75. The molecule has 0 bridgehead atoms. The molecule has 0 atom stereocenters. The maximum atomic E-state index is 5.34. The van der Waals surface area contributed by atoms with Gasteiger partial charge in [0.2, 0.25) is 0 Å². The van der Waals surface area contributed by atoms with Crippen LogP contribution in [0.1, 0.15) is 11.3 Å². The van der Waals surface area contributed by atoms with Crippen molar-refractivity contribution < 1.29 is 4.42 Å². The highest BCUT2D eigenvalue weighted by Gasteiger charge is 2.09. The van der Waals surface area contributed by atoms with Crippen LogP contribution in [0.5, 0.6) is 0 Å². The minimum atomic E-state index is 0.539. The van der Waals surface area contributed by atoms with Gasteiger partial charge in [0.05, 0.1) is 10.7 Å². The van der Waals surface area contributed by atoms with Crippen molar-refractivity contribution in [1.82, 2.24) is 9.97 Å². The first kappa shape index (κ1) is 10.6. The smallest absolute Gasteiger partial charge is 0.175 e. The second-order valence-corrected chi connectivity index (χ2v) is 4.44. The fourth-order valence-corrected chi connectivity index (χ4v) is 1.73. The second-order valence-electron chi connectivity index (χ2n) is 3.26. The van der Waals surface area contributed by atoms with Crippen LogP contribution in [0.25, 0.3) is 11.6 Å². The summed E-state index contributed by atoms with van der Waals surface area (Å²) in [5, 5.41) is 0. The zero-order valence-electron chi connectivity index (χ0n) is 8.30. The van der Waals surface area contributed by atoms with Crippen LogP contribution >= 0.6 is 28.1 Å². The second kappa shape index (κ2) is 3.90. The molecule has 0 aromatic carbocycles. The van der Waals surface area contributed by atoms with E-state index in [4.69, 9.17) is 16.6 Å². The molecule has 0 fully saturated rings. The van der Waals surface area contributed by atoms with Gasteiger partial charge in [-0.2, -0.15) is 0 Å². The number of aromatic amines is 1. The quantitative estimate of drug-likeness (QED) is 0.811. The van der Waals surface area contributed by atoms with E-state index in [9.17, 15) is 0 Å². The number of nitrogens with zero attached hydrogens (tertiary/aromatic N) is 1. The molecular formula is C10H9BrN2OS. The predicted molar refractivity (Wildman–Crippen MR) is 64.3 cm³/mol. The van der Waals surface area contributed by atoms with E-state index in [1.807, 2.05) is 19.9 Å². The van der Waals surface area contributed by atoms with Gasteiger partial charge in [-0.15, -0.1) is 0 Å². The van der Waals surface area contributed by atoms with Crippen LogP contribution in [0.15, 0.2) is 21.2 Å². The van der Waals surface area contributed by atoms with Gasteiger partial charge in [0.1, 0.15) is 4.64 Å². The number of nitrogens with one attached hydrogen (secondary N) is 1. The lowest BCUT2D eigenvalue weighted by Gasteiger charge is -2.03. The number of aromatic nitrogens is 2. The lowest BCUT2D eigenvalue weighted by Crippen LogP contribution is -1.94. The largest absolute Gasteiger partial charge is 0.461 e. The summed E-state index contributed by atoms with van der Waals surface area (Å²) in [7, 11) is 0. The van der Waals surface area contributed by atoms with Crippen molar-refractivity contribution >= 4 is 28.1 Å². The van der Waals surface area contributed by atoms with Gasteiger partial charge < -0.3 is 9.40 Å². The van der Waals surface area contributed by atoms with E-state index >= 15 is 0 Å². The van der Waals surface area contributed by atoms with Crippen LogP contribution in [-0.2, 0) is 0 Å². The summed E-state index contributed by atoms with van der Waals surface area (Å²) in [5.74, 6) is 1.40. The predicted octanol–water partition coefficient (Wildman–Crippen LogP) is 3.78. The molecule has 0 unspecified atom stereocenters. The van der Waals surface area contributed by atoms with Crippen molar-refractivity contribution in [2.24, 2.45) is 0 Å². The number of H-pyrrole nitrogens is 1. The van der Waals surface area contributed by atoms with Crippen LogP contribution in [0.3, 0.4) is 0 Å². The third-order valence-electron chi connectivity index (χ3n) is 2.11. The standard InChI is InChI=1S/C10H9BrN2OS/c1-5-3-4-14-8(5)9-12-6(2)7(11)10(15)13-9/h3-4H,1-2H3,(H,12,13,15). The molecule has 0 saturated carbocycles. The molecule has 0 saturated heterocycles. The monoisotopic (exact) mass is 284 g/mol. The zero-order chi connectivity index (χ0) is 11.0. The summed E-state index contributed by atoms with van der Waals surface area (Å²) < 4.78 is 6.71. The third kappa shape index (κ3) is 1.89. The fourth-order valence-electron chi connectivity index (χ4n) is 1.29. The number of aryl methyl sites for hydroxylation is 2. The highest BCUT2D eigenvalue weighted by molar-refractivity contribution is 9.10. The molecule has 0 radical (unpaired) electrons. The van der Waals surface area contributed by atoms with Crippen LogP contribution in [0, 0.1) is 18.5 Å². The van der Waals surface area contributed by atoms with Gasteiger partial charge in [-0.25, -0.2) is 4.98 Å². The average molecular weight is 285 g/mol. The van der Waals surface area contributed by atoms with Crippen molar-refractivity contribution in [3.63, 3.8) is 0 Å². The normalized spacial score (nSPS) is 10.6. The lowest BCUT2D eigenvalue weighted by molar-refractivity contribution is 0.575. The number of rotatable bonds is 1. The third-order valence-corrected chi connectivity index (χ3v) is 3.64. The van der Waals surface area contributed by atoms with Gasteiger partial charge in [0.25, 0.3) is 0 Å². The fraction of sp³-hybridized carbons (Fsp3) is 0.200. The molecule has 78 valence electrons. The average Bonchev–Trinajstić information content (AvgIpc) is 2.60. The first-order chi connectivity index (χ1) is 7.09. The molecule has 0 aliphatic rings. The summed E-state index contributed by atoms with van der Waals surface area (Å²) in [6.45, 7) is 3.90. The number of furan rings is 1. The Bertz CT molecular complexity index is 559. The summed E-state index contributed by atoms with van der Waals surface area (Å²) in [6.07, 6.45) is 1.64. The topological polar surface area (TPSA) is 41.8 Å². The van der Waals surface area contributed by atoms with Gasteiger partial charge >= 0.3 is 0 Å². The Labute approximate surface area is 101 Å². The molecule has 2 aromatic rings. The zero-order valence-corrected chi connectivity index (χ0v) is 10.7. The maximum Gasteiger partial charge on any atom is 0.175 e. The molecule has 0 amide bonds. The molecule has 2 heterocycles. The number of hydrogen-bond donors (Lipinski definition) is 1. The Morgan fingerprint density at radius 3 is 2.73 bits per heavy atom. The van der Waals surface area contributed by atoms with Crippen LogP contribution in [0.4, 0.5) is 0 Å². The molecule has 3 nitrogen and oxygen atoms in total. The molecule has 1 N–H and O–H groups in total. The first-order valence-corrected chi connectivity index (χ1v) is 5.60. The molecule has 5 heteroatoms. The summed E-state index contributed by atoms with van der Waals surface area (Å²) in [6, 6.07) is 1.89. The maximum absolute atomic E-state index is 5.34. The van der Waals surface area contributed by atoms with Crippen molar-refractivity contribution in [2.45, 2.75) is 13.8 Å². The molecule has 0 spiro atoms. The van der Waals surface area contributed by atoms with Crippen molar-refractivity contribution in [2.75, 3.05) is 0 Å². The Morgan fingerprint density at radius 2 is 2.20 bits per heavy atom. The van der Waals surface area contributed by atoms with E-state index in [1.54, 1.807) is 6.26 Å². The number of hydrogen-bond acceptors (Lipinski definition) is 3. The lowest BCUT2D eigenvalue weighted by atomic mass is 10.2. The van der Waals surface area contributed by atoms with E-state index in [0.29, 0.717) is 10.5 Å². The van der Waals surface area contributed by atoms with Gasteiger partial charge in [-0.1, -0.05) is 12.2 Å². The van der Waals surface area contributed by atoms with Crippen molar-refractivity contribution in [3.05, 3.63) is 32.7 Å². The summed E-state index contributed by atoms with van der Waals surface area (Å²) in [5.41, 5.74) is 1.98. The van der Waals surface area contributed by atoms with Crippen LogP contribution in [-0.4, -0.2) is 9.97 Å². The number of halogens is 1. The van der Waals surface area contributed by atoms with Gasteiger partial charge in [0.15, 0.2) is 11.6 Å². The molecule has 0 aliphatic carbocycles.